The van der Waals surface area contributed by atoms with Gasteiger partial charge in [-0.2, -0.15) is 0 Å². The molecule has 18 heavy (non-hydrogen) atoms. The Bertz CT molecular complexity index is 281. The van der Waals surface area contributed by atoms with Crippen LogP contribution in [0, 0.1) is 5.92 Å². The predicted molar refractivity (Wildman–Crippen MR) is 74.6 cm³/mol. The average Bonchev–Trinajstić information content (AvgIpc) is 2.27. The molecule has 0 bridgehead atoms. The molecular formula is C15H27NO2. The number of unbranched alkanes of at least 4 members (excludes halogenated alkanes) is 1. The van der Waals surface area contributed by atoms with E-state index < -0.39 is 5.60 Å². The van der Waals surface area contributed by atoms with E-state index in [4.69, 9.17) is 4.74 Å². The molecule has 1 aliphatic heterocycles. The topological polar surface area (TPSA) is 29.5 Å². The van der Waals surface area contributed by atoms with Crippen molar-refractivity contribution in [3.8, 4) is 0 Å². The number of likely N-dealkylation sites (tertiary alicyclic amines) is 1. The van der Waals surface area contributed by atoms with Crippen LogP contribution in [0.2, 0.25) is 0 Å². The van der Waals surface area contributed by atoms with Gasteiger partial charge in [-0.25, -0.2) is 4.79 Å². The Labute approximate surface area is 111 Å². The summed E-state index contributed by atoms with van der Waals surface area (Å²) in [5.74, 6) is 0.631. The SMILES string of the molecule is C=CCCCC1CCCN(C(=O)OC(C)(C)C)C1. The monoisotopic (exact) mass is 253 g/mol. The van der Waals surface area contributed by atoms with Crippen LogP contribution in [0.3, 0.4) is 0 Å². The molecule has 0 aliphatic carbocycles. The van der Waals surface area contributed by atoms with Crippen LogP contribution in [0.5, 0.6) is 0 Å². The third-order valence-corrected chi connectivity index (χ3v) is 3.19. The molecule has 0 spiro atoms. The van der Waals surface area contributed by atoms with Gasteiger partial charge in [-0.15, -0.1) is 6.58 Å². The Morgan fingerprint density at radius 2 is 2.22 bits per heavy atom. The maximum Gasteiger partial charge on any atom is 0.410 e. The normalized spacial score (nSPS) is 20.6. The number of amides is 1. The molecule has 1 saturated heterocycles. The predicted octanol–water partition coefficient (Wildman–Crippen LogP) is 3.99. The van der Waals surface area contributed by atoms with E-state index in [1.54, 1.807) is 0 Å². The van der Waals surface area contributed by atoms with Crippen molar-refractivity contribution < 1.29 is 9.53 Å². The van der Waals surface area contributed by atoms with Crippen molar-refractivity contribution in [3.63, 3.8) is 0 Å². The van der Waals surface area contributed by atoms with Crippen molar-refractivity contribution >= 4 is 6.09 Å². The highest BCUT2D eigenvalue weighted by Gasteiger charge is 2.27. The molecule has 104 valence electrons. The zero-order valence-corrected chi connectivity index (χ0v) is 12.1. The van der Waals surface area contributed by atoms with Crippen molar-refractivity contribution in [3.05, 3.63) is 12.7 Å². The van der Waals surface area contributed by atoms with E-state index in [9.17, 15) is 4.79 Å². The van der Waals surface area contributed by atoms with Gasteiger partial charge in [0, 0.05) is 13.1 Å². The minimum atomic E-state index is -0.396. The van der Waals surface area contributed by atoms with Crippen molar-refractivity contribution in [1.29, 1.82) is 0 Å². The maximum absolute atomic E-state index is 12.0. The van der Waals surface area contributed by atoms with E-state index in [0.29, 0.717) is 5.92 Å². The molecule has 1 fully saturated rings. The van der Waals surface area contributed by atoms with E-state index in [-0.39, 0.29) is 6.09 Å². The summed E-state index contributed by atoms with van der Waals surface area (Å²) >= 11 is 0. The first-order valence-corrected chi connectivity index (χ1v) is 7.01. The molecule has 0 aromatic heterocycles. The van der Waals surface area contributed by atoms with Crippen LogP contribution in [0.25, 0.3) is 0 Å². The van der Waals surface area contributed by atoms with Crippen LogP contribution < -0.4 is 0 Å². The van der Waals surface area contributed by atoms with Crippen LogP contribution in [0.1, 0.15) is 52.9 Å². The second-order valence-corrected chi connectivity index (χ2v) is 6.15. The summed E-state index contributed by atoms with van der Waals surface area (Å²) in [5.41, 5.74) is -0.396. The zero-order valence-electron chi connectivity index (χ0n) is 12.1. The first-order valence-electron chi connectivity index (χ1n) is 7.01. The molecule has 1 aliphatic rings. The van der Waals surface area contributed by atoms with Crippen LogP contribution in [-0.4, -0.2) is 29.7 Å². The number of hydrogen-bond donors (Lipinski definition) is 0. The second-order valence-electron chi connectivity index (χ2n) is 6.15. The summed E-state index contributed by atoms with van der Waals surface area (Å²) in [6, 6.07) is 0. The van der Waals surface area contributed by atoms with Gasteiger partial charge >= 0.3 is 6.09 Å². The van der Waals surface area contributed by atoms with Gasteiger partial charge in [0.05, 0.1) is 0 Å². The summed E-state index contributed by atoms with van der Waals surface area (Å²) in [6.07, 6.45) is 7.57. The van der Waals surface area contributed by atoms with Gasteiger partial charge in [-0.05, 0) is 58.8 Å². The fraction of sp³-hybridized carbons (Fsp3) is 0.800. The number of nitrogens with zero attached hydrogens (tertiary/aromatic N) is 1. The van der Waals surface area contributed by atoms with Gasteiger partial charge in [-0.3, -0.25) is 0 Å². The van der Waals surface area contributed by atoms with Crippen LogP contribution >= 0.6 is 0 Å². The van der Waals surface area contributed by atoms with E-state index in [2.05, 4.69) is 6.58 Å². The Kier molecular flexibility index (Phi) is 5.70. The number of hydrogen-bond acceptors (Lipinski definition) is 2. The Hall–Kier alpha value is -0.990. The highest BCUT2D eigenvalue weighted by atomic mass is 16.6. The Morgan fingerprint density at radius 1 is 1.50 bits per heavy atom. The van der Waals surface area contributed by atoms with E-state index >= 15 is 0 Å². The lowest BCUT2D eigenvalue weighted by molar-refractivity contribution is 0.0161. The fourth-order valence-electron chi connectivity index (χ4n) is 2.34. The minimum absolute atomic E-state index is 0.157. The number of rotatable bonds is 4. The van der Waals surface area contributed by atoms with Gasteiger partial charge in [0.25, 0.3) is 0 Å². The molecule has 3 nitrogen and oxygen atoms in total. The lowest BCUT2D eigenvalue weighted by atomic mass is 9.93. The number of carbonyl (C=O) groups excluding carboxylic acids is 1. The lowest BCUT2D eigenvalue weighted by Crippen LogP contribution is -2.42. The van der Waals surface area contributed by atoms with Gasteiger partial charge in [-0.1, -0.05) is 6.08 Å². The lowest BCUT2D eigenvalue weighted by Gasteiger charge is -2.34. The third kappa shape index (κ3) is 5.56. The van der Waals surface area contributed by atoms with Crippen molar-refractivity contribution in [2.45, 2.75) is 58.5 Å². The molecule has 0 saturated carbocycles. The molecule has 0 radical (unpaired) electrons. The standard InChI is InChI=1S/C15H27NO2/c1-5-6-7-9-13-10-8-11-16(12-13)14(17)18-15(2,3)4/h5,13H,1,6-12H2,2-4H3. The Morgan fingerprint density at radius 3 is 2.83 bits per heavy atom. The van der Waals surface area contributed by atoms with Crippen LogP contribution in [-0.2, 0) is 4.74 Å². The summed E-state index contributed by atoms with van der Waals surface area (Å²) in [4.78, 5) is 13.8. The van der Waals surface area contributed by atoms with Gasteiger partial charge < -0.3 is 9.64 Å². The summed E-state index contributed by atoms with van der Waals surface area (Å²) in [7, 11) is 0. The van der Waals surface area contributed by atoms with Crippen LogP contribution in [0.15, 0.2) is 12.7 Å². The van der Waals surface area contributed by atoms with Gasteiger partial charge in [0.2, 0.25) is 0 Å². The number of allylic oxidation sites excluding steroid dienone is 1. The van der Waals surface area contributed by atoms with E-state index in [1.165, 1.54) is 19.3 Å². The number of ether oxygens (including phenoxy) is 1. The molecule has 1 unspecified atom stereocenters. The largest absolute Gasteiger partial charge is 0.444 e. The zero-order chi connectivity index (χ0) is 13.6. The maximum atomic E-state index is 12.0. The van der Waals surface area contributed by atoms with Gasteiger partial charge in [0.15, 0.2) is 0 Å². The summed E-state index contributed by atoms with van der Waals surface area (Å²) in [6.45, 7) is 11.2. The van der Waals surface area contributed by atoms with Crippen molar-refractivity contribution in [2.75, 3.05) is 13.1 Å². The van der Waals surface area contributed by atoms with Crippen molar-refractivity contribution in [1.82, 2.24) is 4.90 Å². The first kappa shape index (κ1) is 15.1. The molecular weight excluding hydrogens is 226 g/mol. The fourth-order valence-corrected chi connectivity index (χ4v) is 2.34. The molecule has 1 atom stereocenters. The number of carbonyl (C=O) groups is 1. The molecule has 1 amide bonds. The quantitative estimate of drug-likeness (QED) is 0.560. The first-order chi connectivity index (χ1) is 8.42. The third-order valence-electron chi connectivity index (χ3n) is 3.19. The van der Waals surface area contributed by atoms with Gasteiger partial charge in [0.1, 0.15) is 5.60 Å². The summed E-state index contributed by atoms with van der Waals surface area (Å²) in [5, 5.41) is 0. The van der Waals surface area contributed by atoms with E-state index in [1.807, 2.05) is 31.7 Å². The molecule has 0 N–H and O–H groups in total. The second kappa shape index (κ2) is 6.81. The Balaban J connectivity index is 2.38. The highest BCUT2D eigenvalue weighted by Crippen LogP contribution is 2.23. The highest BCUT2D eigenvalue weighted by molar-refractivity contribution is 5.68. The van der Waals surface area contributed by atoms with E-state index in [0.717, 1.165) is 25.9 Å². The average molecular weight is 253 g/mol. The molecule has 0 aromatic rings. The molecule has 1 rings (SSSR count). The minimum Gasteiger partial charge on any atom is -0.444 e. The summed E-state index contributed by atoms with van der Waals surface area (Å²) < 4.78 is 5.42. The molecule has 3 heteroatoms. The van der Waals surface area contributed by atoms with Crippen LogP contribution in [0.4, 0.5) is 4.79 Å². The smallest absolute Gasteiger partial charge is 0.410 e. The number of piperidine rings is 1. The molecule has 0 aromatic carbocycles. The van der Waals surface area contributed by atoms with Crippen molar-refractivity contribution in [2.24, 2.45) is 5.92 Å². The molecule has 1 heterocycles.